The van der Waals surface area contributed by atoms with Gasteiger partial charge in [-0.05, 0) is 12.1 Å². The summed E-state index contributed by atoms with van der Waals surface area (Å²) in [5.41, 5.74) is -2.14. The lowest BCUT2D eigenvalue weighted by Gasteiger charge is -2.08. The van der Waals surface area contributed by atoms with Crippen LogP contribution in [-0.4, -0.2) is 17.9 Å². The standard InChI is InChI=1S/C14H9F3N2O4/c1-23-8-4-2-3-7(5-8)18-14(20)9-6-10(19(21)22)12(16)13(17)11(9)15/h2-6H,1H3,(H,18,20). The van der Waals surface area contributed by atoms with Crippen LogP contribution < -0.4 is 10.1 Å². The molecule has 9 heteroatoms. The van der Waals surface area contributed by atoms with Crippen LogP contribution in [0, 0.1) is 27.6 Å². The van der Waals surface area contributed by atoms with Gasteiger partial charge in [-0.1, -0.05) is 6.07 Å². The van der Waals surface area contributed by atoms with Crippen molar-refractivity contribution in [3.05, 3.63) is 63.5 Å². The van der Waals surface area contributed by atoms with Gasteiger partial charge in [0, 0.05) is 17.8 Å². The Hall–Kier alpha value is -3.10. The summed E-state index contributed by atoms with van der Waals surface area (Å²) in [5, 5.41) is 12.8. The minimum Gasteiger partial charge on any atom is -0.497 e. The number of halogens is 3. The third-order valence-corrected chi connectivity index (χ3v) is 2.90. The van der Waals surface area contributed by atoms with Gasteiger partial charge in [-0.15, -0.1) is 0 Å². The summed E-state index contributed by atoms with van der Waals surface area (Å²) in [6.45, 7) is 0. The summed E-state index contributed by atoms with van der Waals surface area (Å²) in [6.07, 6.45) is 0. The number of carbonyl (C=O) groups is 1. The smallest absolute Gasteiger partial charge is 0.308 e. The SMILES string of the molecule is COc1cccc(NC(=O)c2cc([N+](=O)[O-])c(F)c(F)c2F)c1. The van der Waals surface area contributed by atoms with Gasteiger partial charge in [-0.25, -0.2) is 8.78 Å². The van der Waals surface area contributed by atoms with Crippen LogP contribution in [0.3, 0.4) is 0 Å². The van der Waals surface area contributed by atoms with Crippen LogP contribution in [0.15, 0.2) is 30.3 Å². The van der Waals surface area contributed by atoms with E-state index >= 15 is 0 Å². The van der Waals surface area contributed by atoms with Gasteiger partial charge in [0.2, 0.25) is 11.6 Å². The maximum atomic E-state index is 13.7. The fourth-order valence-corrected chi connectivity index (χ4v) is 1.79. The van der Waals surface area contributed by atoms with Gasteiger partial charge in [0.15, 0.2) is 5.82 Å². The van der Waals surface area contributed by atoms with E-state index in [4.69, 9.17) is 4.74 Å². The molecule has 1 amide bonds. The largest absolute Gasteiger partial charge is 0.497 e. The molecule has 0 radical (unpaired) electrons. The molecule has 0 saturated heterocycles. The Labute approximate surface area is 127 Å². The Morgan fingerprint density at radius 3 is 2.48 bits per heavy atom. The van der Waals surface area contributed by atoms with Crippen LogP contribution in [0.5, 0.6) is 5.75 Å². The molecule has 0 spiro atoms. The molecule has 0 atom stereocenters. The van der Waals surface area contributed by atoms with Crippen molar-refractivity contribution in [3.63, 3.8) is 0 Å². The topological polar surface area (TPSA) is 81.5 Å². The molecule has 2 aromatic rings. The molecule has 0 unspecified atom stereocenters. The molecule has 0 fully saturated rings. The molecule has 23 heavy (non-hydrogen) atoms. The average Bonchev–Trinajstić information content (AvgIpc) is 2.52. The summed E-state index contributed by atoms with van der Waals surface area (Å²) in [4.78, 5) is 21.3. The molecule has 0 aliphatic heterocycles. The van der Waals surface area contributed by atoms with Crippen LogP contribution in [-0.2, 0) is 0 Å². The second-order valence-electron chi connectivity index (χ2n) is 4.33. The molecule has 120 valence electrons. The van der Waals surface area contributed by atoms with Crippen molar-refractivity contribution in [2.75, 3.05) is 12.4 Å². The number of methoxy groups -OCH3 is 1. The lowest BCUT2D eigenvalue weighted by molar-refractivity contribution is -0.387. The number of nitro benzene ring substituents is 1. The van der Waals surface area contributed by atoms with E-state index in [0.717, 1.165) is 0 Å². The highest BCUT2D eigenvalue weighted by Gasteiger charge is 2.28. The monoisotopic (exact) mass is 326 g/mol. The zero-order chi connectivity index (χ0) is 17.1. The minimum atomic E-state index is -2.09. The summed E-state index contributed by atoms with van der Waals surface area (Å²) in [6, 6.07) is 6.27. The normalized spacial score (nSPS) is 10.3. The van der Waals surface area contributed by atoms with Crippen LogP contribution in [0.4, 0.5) is 24.5 Å². The number of hydrogen-bond donors (Lipinski definition) is 1. The average molecular weight is 326 g/mol. The highest BCUT2D eigenvalue weighted by atomic mass is 19.2. The maximum Gasteiger partial charge on any atom is 0.308 e. The number of anilines is 1. The molecule has 0 bridgehead atoms. The molecular formula is C14H9F3N2O4. The second-order valence-corrected chi connectivity index (χ2v) is 4.33. The Kier molecular flexibility index (Phi) is 4.49. The zero-order valence-electron chi connectivity index (χ0n) is 11.6. The number of carbonyl (C=O) groups excluding carboxylic acids is 1. The minimum absolute atomic E-state index is 0.182. The Morgan fingerprint density at radius 1 is 1.17 bits per heavy atom. The molecule has 2 rings (SSSR count). The van der Waals surface area contributed by atoms with Gasteiger partial charge in [-0.2, -0.15) is 4.39 Å². The molecule has 0 saturated carbocycles. The molecule has 2 aromatic carbocycles. The van der Waals surface area contributed by atoms with E-state index in [0.29, 0.717) is 11.8 Å². The number of benzene rings is 2. The van der Waals surface area contributed by atoms with Crippen molar-refractivity contribution in [3.8, 4) is 5.75 Å². The van der Waals surface area contributed by atoms with Crippen molar-refractivity contribution in [1.82, 2.24) is 0 Å². The van der Waals surface area contributed by atoms with Crippen molar-refractivity contribution in [2.45, 2.75) is 0 Å². The van der Waals surface area contributed by atoms with Gasteiger partial charge in [0.25, 0.3) is 5.91 Å². The van der Waals surface area contributed by atoms with Crippen LogP contribution in [0.25, 0.3) is 0 Å². The van der Waals surface area contributed by atoms with Crippen molar-refractivity contribution in [1.29, 1.82) is 0 Å². The fourth-order valence-electron chi connectivity index (χ4n) is 1.79. The molecule has 0 aromatic heterocycles. The van der Waals surface area contributed by atoms with Gasteiger partial charge in [-0.3, -0.25) is 14.9 Å². The first-order valence-electron chi connectivity index (χ1n) is 6.12. The van der Waals surface area contributed by atoms with E-state index in [1.807, 2.05) is 0 Å². The van der Waals surface area contributed by atoms with E-state index < -0.39 is 39.5 Å². The molecular weight excluding hydrogens is 317 g/mol. The zero-order valence-corrected chi connectivity index (χ0v) is 11.6. The fraction of sp³-hybridized carbons (Fsp3) is 0.0714. The quantitative estimate of drug-likeness (QED) is 0.531. The number of nitrogens with zero attached hydrogens (tertiary/aromatic N) is 1. The Morgan fingerprint density at radius 2 is 1.87 bits per heavy atom. The third-order valence-electron chi connectivity index (χ3n) is 2.90. The van der Waals surface area contributed by atoms with Crippen LogP contribution in [0.2, 0.25) is 0 Å². The molecule has 0 aliphatic carbocycles. The van der Waals surface area contributed by atoms with E-state index in [1.165, 1.54) is 25.3 Å². The van der Waals surface area contributed by atoms with Crippen LogP contribution >= 0.6 is 0 Å². The maximum absolute atomic E-state index is 13.7. The summed E-state index contributed by atoms with van der Waals surface area (Å²) in [5.74, 6) is -6.65. The number of rotatable bonds is 4. The Bertz CT molecular complexity index is 796. The number of nitro groups is 1. The van der Waals surface area contributed by atoms with Crippen molar-refractivity contribution < 1.29 is 27.6 Å². The highest BCUT2D eigenvalue weighted by molar-refractivity contribution is 6.05. The van der Waals surface area contributed by atoms with Gasteiger partial charge < -0.3 is 10.1 Å². The Balaban J connectivity index is 2.41. The van der Waals surface area contributed by atoms with Gasteiger partial charge in [0.05, 0.1) is 17.6 Å². The number of amides is 1. The molecule has 0 heterocycles. The first-order valence-corrected chi connectivity index (χ1v) is 6.12. The van der Waals surface area contributed by atoms with E-state index in [9.17, 15) is 28.1 Å². The first-order chi connectivity index (χ1) is 10.8. The summed E-state index contributed by atoms with van der Waals surface area (Å²) < 4.78 is 45.3. The van der Waals surface area contributed by atoms with Gasteiger partial charge in [0.1, 0.15) is 5.75 Å². The summed E-state index contributed by atoms with van der Waals surface area (Å²) in [7, 11) is 1.39. The predicted octanol–water partition coefficient (Wildman–Crippen LogP) is 3.27. The number of hydrogen-bond acceptors (Lipinski definition) is 4. The highest BCUT2D eigenvalue weighted by Crippen LogP contribution is 2.26. The van der Waals surface area contributed by atoms with E-state index in [1.54, 1.807) is 6.07 Å². The van der Waals surface area contributed by atoms with Crippen molar-refractivity contribution >= 4 is 17.3 Å². The number of ether oxygens (including phenoxy) is 1. The number of nitrogens with one attached hydrogen (secondary N) is 1. The van der Waals surface area contributed by atoms with Gasteiger partial charge >= 0.3 is 5.69 Å². The third kappa shape index (κ3) is 3.23. The van der Waals surface area contributed by atoms with E-state index in [-0.39, 0.29) is 5.69 Å². The molecule has 0 aliphatic rings. The lowest BCUT2D eigenvalue weighted by Crippen LogP contribution is -2.16. The van der Waals surface area contributed by atoms with E-state index in [2.05, 4.69) is 5.32 Å². The van der Waals surface area contributed by atoms with Crippen LogP contribution in [0.1, 0.15) is 10.4 Å². The second kappa shape index (κ2) is 6.34. The predicted molar refractivity (Wildman–Crippen MR) is 73.9 cm³/mol. The molecule has 6 nitrogen and oxygen atoms in total. The first kappa shape index (κ1) is 16.3. The van der Waals surface area contributed by atoms with Crippen molar-refractivity contribution in [2.24, 2.45) is 0 Å². The lowest BCUT2D eigenvalue weighted by atomic mass is 10.1. The summed E-state index contributed by atoms with van der Waals surface area (Å²) >= 11 is 0. The molecule has 1 N–H and O–H groups in total.